The largest absolute Gasteiger partial charge is 0.495 e. The van der Waals surface area contributed by atoms with Crippen LogP contribution in [-0.4, -0.2) is 32.6 Å². The zero-order valence-electron chi connectivity index (χ0n) is 17.2. The molecule has 0 radical (unpaired) electrons. The van der Waals surface area contributed by atoms with Crippen molar-refractivity contribution in [3.05, 3.63) is 41.4 Å². The molecule has 0 unspecified atom stereocenters. The standard InChI is InChI=1S/C21H26ClN3O4/c1-21(2,3)20(27)24-14-8-6-7-13(9-14)23-12-19(26)25-16-11-17(28-4)15(22)10-18(16)29-5/h6-11,23H,12H2,1-5H3,(H,24,27)(H,25,26). The first-order valence-electron chi connectivity index (χ1n) is 9.01. The first-order chi connectivity index (χ1) is 13.6. The lowest BCUT2D eigenvalue weighted by atomic mass is 9.95. The molecule has 0 aliphatic heterocycles. The summed E-state index contributed by atoms with van der Waals surface area (Å²) in [6.45, 7) is 5.54. The van der Waals surface area contributed by atoms with Crippen molar-refractivity contribution < 1.29 is 19.1 Å². The minimum Gasteiger partial charge on any atom is -0.495 e. The van der Waals surface area contributed by atoms with Gasteiger partial charge in [0.2, 0.25) is 11.8 Å². The van der Waals surface area contributed by atoms with Gasteiger partial charge in [0.05, 0.1) is 31.5 Å². The van der Waals surface area contributed by atoms with Crippen LogP contribution in [0.3, 0.4) is 0 Å². The van der Waals surface area contributed by atoms with Crippen LogP contribution in [0.4, 0.5) is 17.1 Å². The van der Waals surface area contributed by atoms with E-state index in [0.717, 1.165) is 0 Å². The summed E-state index contributed by atoms with van der Waals surface area (Å²) in [6.07, 6.45) is 0. The van der Waals surface area contributed by atoms with Gasteiger partial charge in [-0.2, -0.15) is 0 Å². The SMILES string of the molecule is COc1cc(NC(=O)CNc2cccc(NC(=O)C(C)(C)C)c2)c(OC)cc1Cl. The molecule has 0 atom stereocenters. The number of hydrogen-bond acceptors (Lipinski definition) is 5. The number of methoxy groups -OCH3 is 2. The van der Waals surface area contributed by atoms with Crippen molar-refractivity contribution in [2.24, 2.45) is 5.41 Å². The van der Waals surface area contributed by atoms with Crippen LogP contribution in [0.2, 0.25) is 5.02 Å². The van der Waals surface area contributed by atoms with Gasteiger partial charge in [-0.3, -0.25) is 9.59 Å². The molecule has 0 heterocycles. The highest BCUT2D eigenvalue weighted by atomic mass is 35.5. The fraction of sp³-hybridized carbons (Fsp3) is 0.333. The van der Waals surface area contributed by atoms with Crippen molar-refractivity contribution in [3.8, 4) is 11.5 Å². The Bertz CT molecular complexity index is 894. The smallest absolute Gasteiger partial charge is 0.243 e. The highest BCUT2D eigenvalue weighted by molar-refractivity contribution is 6.32. The van der Waals surface area contributed by atoms with Crippen LogP contribution < -0.4 is 25.4 Å². The molecule has 0 bridgehead atoms. The summed E-state index contributed by atoms with van der Waals surface area (Å²) in [5.41, 5.74) is 1.31. The summed E-state index contributed by atoms with van der Waals surface area (Å²) in [5.74, 6) is 0.488. The number of hydrogen-bond donors (Lipinski definition) is 3. The van der Waals surface area contributed by atoms with Gasteiger partial charge in [-0.15, -0.1) is 0 Å². The van der Waals surface area contributed by atoms with Gasteiger partial charge in [-0.1, -0.05) is 38.4 Å². The fourth-order valence-electron chi connectivity index (χ4n) is 2.36. The number of amides is 2. The molecule has 0 spiro atoms. The summed E-state index contributed by atoms with van der Waals surface area (Å²) in [7, 11) is 2.98. The van der Waals surface area contributed by atoms with Crippen molar-refractivity contribution in [1.29, 1.82) is 0 Å². The van der Waals surface area contributed by atoms with Crippen LogP contribution >= 0.6 is 11.6 Å². The van der Waals surface area contributed by atoms with Crippen molar-refractivity contribution >= 4 is 40.5 Å². The normalized spacial score (nSPS) is 10.8. The summed E-state index contributed by atoms with van der Waals surface area (Å²) >= 11 is 6.08. The zero-order valence-corrected chi connectivity index (χ0v) is 17.9. The average molecular weight is 420 g/mol. The fourth-order valence-corrected chi connectivity index (χ4v) is 2.59. The maximum absolute atomic E-state index is 12.4. The molecule has 2 amide bonds. The number of carbonyl (C=O) groups excluding carboxylic acids is 2. The van der Waals surface area contributed by atoms with Crippen LogP contribution in [0.25, 0.3) is 0 Å². The van der Waals surface area contributed by atoms with Gasteiger partial charge >= 0.3 is 0 Å². The van der Waals surface area contributed by atoms with Crippen molar-refractivity contribution in [2.45, 2.75) is 20.8 Å². The number of nitrogens with one attached hydrogen (secondary N) is 3. The van der Waals surface area contributed by atoms with Crippen LogP contribution in [0.15, 0.2) is 36.4 Å². The lowest BCUT2D eigenvalue weighted by Gasteiger charge is -2.18. The van der Waals surface area contributed by atoms with Crippen LogP contribution in [0.5, 0.6) is 11.5 Å². The van der Waals surface area contributed by atoms with Gasteiger partial charge < -0.3 is 25.4 Å². The zero-order chi connectivity index (χ0) is 21.6. The third-order valence-electron chi connectivity index (χ3n) is 4.00. The summed E-state index contributed by atoms with van der Waals surface area (Å²) in [4.78, 5) is 24.5. The monoisotopic (exact) mass is 419 g/mol. The van der Waals surface area contributed by atoms with Crippen molar-refractivity contribution in [3.63, 3.8) is 0 Å². The molecule has 0 aliphatic carbocycles. The quantitative estimate of drug-likeness (QED) is 0.619. The predicted octanol–water partition coefficient (Wildman–Crippen LogP) is 4.39. The number of halogens is 1. The van der Waals surface area contributed by atoms with Gasteiger partial charge in [-0.05, 0) is 18.2 Å². The summed E-state index contributed by atoms with van der Waals surface area (Å²) in [5, 5.41) is 9.04. The molecule has 156 valence electrons. The predicted molar refractivity (Wildman–Crippen MR) is 116 cm³/mol. The third-order valence-corrected chi connectivity index (χ3v) is 4.30. The number of anilines is 3. The van der Waals surface area contributed by atoms with Gasteiger partial charge in [0, 0.05) is 28.9 Å². The molecule has 0 aliphatic rings. The molecule has 0 saturated carbocycles. The van der Waals surface area contributed by atoms with E-state index in [4.69, 9.17) is 21.1 Å². The lowest BCUT2D eigenvalue weighted by molar-refractivity contribution is -0.123. The Hall–Kier alpha value is -2.93. The highest BCUT2D eigenvalue weighted by Crippen LogP contribution is 2.35. The molecular weight excluding hydrogens is 394 g/mol. The number of benzene rings is 2. The van der Waals surface area contributed by atoms with E-state index in [9.17, 15) is 9.59 Å². The van der Waals surface area contributed by atoms with E-state index in [0.29, 0.717) is 33.6 Å². The summed E-state index contributed by atoms with van der Waals surface area (Å²) in [6, 6.07) is 10.3. The second-order valence-corrected chi connectivity index (χ2v) is 7.78. The second-order valence-electron chi connectivity index (χ2n) is 7.37. The van der Waals surface area contributed by atoms with Crippen LogP contribution in [0, 0.1) is 5.41 Å². The van der Waals surface area contributed by atoms with E-state index in [-0.39, 0.29) is 18.4 Å². The maximum Gasteiger partial charge on any atom is 0.243 e. The van der Waals surface area contributed by atoms with Gasteiger partial charge in [-0.25, -0.2) is 0 Å². The Morgan fingerprint density at radius 3 is 2.24 bits per heavy atom. The molecule has 7 nitrogen and oxygen atoms in total. The molecule has 0 saturated heterocycles. The van der Waals surface area contributed by atoms with Gasteiger partial charge in [0.25, 0.3) is 0 Å². The minimum absolute atomic E-state index is 0.0186. The molecule has 0 fully saturated rings. The van der Waals surface area contributed by atoms with E-state index in [1.165, 1.54) is 14.2 Å². The molecule has 2 rings (SSSR count). The Morgan fingerprint density at radius 2 is 1.62 bits per heavy atom. The number of carbonyl (C=O) groups is 2. The Labute approximate surface area is 175 Å². The Kier molecular flexibility index (Phi) is 7.34. The summed E-state index contributed by atoms with van der Waals surface area (Å²) < 4.78 is 10.4. The third kappa shape index (κ3) is 6.29. The van der Waals surface area contributed by atoms with E-state index in [1.807, 2.05) is 26.8 Å². The first kappa shape index (κ1) is 22.4. The number of rotatable bonds is 7. The van der Waals surface area contributed by atoms with Crippen LogP contribution in [-0.2, 0) is 9.59 Å². The van der Waals surface area contributed by atoms with E-state index >= 15 is 0 Å². The lowest BCUT2D eigenvalue weighted by Crippen LogP contribution is -2.27. The Morgan fingerprint density at radius 1 is 0.966 bits per heavy atom. The van der Waals surface area contributed by atoms with Gasteiger partial charge in [0.1, 0.15) is 11.5 Å². The van der Waals surface area contributed by atoms with E-state index in [1.54, 1.807) is 30.3 Å². The van der Waals surface area contributed by atoms with E-state index in [2.05, 4.69) is 16.0 Å². The number of ether oxygens (including phenoxy) is 2. The molecule has 8 heteroatoms. The Balaban J connectivity index is 2.01. The van der Waals surface area contributed by atoms with Crippen molar-refractivity contribution in [2.75, 3.05) is 36.7 Å². The molecule has 2 aromatic rings. The maximum atomic E-state index is 12.4. The molecule has 3 N–H and O–H groups in total. The van der Waals surface area contributed by atoms with Gasteiger partial charge in [0.15, 0.2) is 0 Å². The topological polar surface area (TPSA) is 88.7 Å². The molecule has 2 aromatic carbocycles. The second kappa shape index (κ2) is 9.52. The molecular formula is C21H26ClN3O4. The minimum atomic E-state index is -0.498. The molecule has 29 heavy (non-hydrogen) atoms. The highest BCUT2D eigenvalue weighted by Gasteiger charge is 2.21. The van der Waals surface area contributed by atoms with E-state index < -0.39 is 5.41 Å². The van der Waals surface area contributed by atoms with Crippen LogP contribution in [0.1, 0.15) is 20.8 Å². The van der Waals surface area contributed by atoms with Crippen molar-refractivity contribution in [1.82, 2.24) is 0 Å². The first-order valence-corrected chi connectivity index (χ1v) is 9.38. The molecule has 0 aromatic heterocycles. The average Bonchev–Trinajstić information content (AvgIpc) is 2.67.